The summed E-state index contributed by atoms with van der Waals surface area (Å²) in [6, 6.07) is 18.2. The first kappa shape index (κ1) is 22.2. The van der Waals surface area contributed by atoms with Crippen molar-refractivity contribution in [3.63, 3.8) is 0 Å². The van der Waals surface area contributed by atoms with Gasteiger partial charge >= 0.3 is 0 Å². The maximum absolute atomic E-state index is 13.2. The van der Waals surface area contributed by atoms with E-state index in [1.165, 1.54) is 0 Å². The predicted octanol–water partition coefficient (Wildman–Crippen LogP) is 3.56. The number of piperazine rings is 1. The summed E-state index contributed by atoms with van der Waals surface area (Å²) in [5.74, 6) is 0.890. The van der Waals surface area contributed by atoms with Crippen molar-refractivity contribution in [2.24, 2.45) is 5.92 Å². The molecule has 2 saturated heterocycles. The highest BCUT2D eigenvalue weighted by atomic mass is 16.5. The van der Waals surface area contributed by atoms with Gasteiger partial charge in [-0.05, 0) is 42.7 Å². The number of carbonyl (C=O) groups excluding carboxylic acids is 2. The van der Waals surface area contributed by atoms with Crippen LogP contribution in [0.1, 0.15) is 31.2 Å². The smallest absolute Gasteiger partial charge is 0.226 e. The molecule has 2 aliphatic rings. The summed E-state index contributed by atoms with van der Waals surface area (Å²) in [5, 5.41) is 0. The third kappa shape index (κ3) is 5.42. The van der Waals surface area contributed by atoms with Crippen molar-refractivity contribution in [1.29, 1.82) is 0 Å². The molecule has 2 fully saturated rings. The Morgan fingerprint density at radius 3 is 2.34 bits per heavy atom. The molecule has 4 rings (SSSR count). The number of anilines is 1. The van der Waals surface area contributed by atoms with Crippen LogP contribution in [0.4, 0.5) is 5.69 Å². The molecule has 32 heavy (non-hydrogen) atoms. The van der Waals surface area contributed by atoms with Gasteiger partial charge in [0.15, 0.2) is 0 Å². The Morgan fingerprint density at radius 1 is 0.938 bits per heavy atom. The van der Waals surface area contributed by atoms with Crippen molar-refractivity contribution in [1.82, 2.24) is 9.80 Å². The number of hydrogen-bond acceptors (Lipinski definition) is 4. The zero-order valence-electron chi connectivity index (χ0n) is 18.9. The Morgan fingerprint density at radius 2 is 1.66 bits per heavy atom. The average Bonchev–Trinajstić information content (AvgIpc) is 3.01. The van der Waals surface area contributed by atoms with Gasteiger partial charge in [-0.3, -0.25) is 9.59 Å². The molecule has 0 bridgehead atoms. The number of carbonyl (C=O) groups is 2. The van der Waals surface area contributed by atoms with Crippen molar-refractivity contribution in [2.45, 2.75) is 32.2 Å². The molecular weight excluding hydrogens is 402 g/mol. The van der Waals surface area contributed by atoms with Crippen molar-refractivity contribution in [3.8, 4) is 5.75 Å². The van der Waals surface area contributed by atoms with E-state index in [-0.39, 0.29) is 17.7 Å². The van der Waals surface area contributed by atoms with Gasteiger partial charge in [0.2, 0.25) is 11.8 Å². The van der Waals surface area contributed by atoms with E-state index in [9.17, 15) is 9.59 Å². The van der Waals surface area contributed by atoms with Crippen LogP contribution in [0.15, 0.2) is 54.6 Å². The summed E-state index contributed by atoms with van der Waals surface area (Å²) in [6.07, 6.45) is 3.14. The van der Waals surface area contributed by atoms with Crippen LogP contribution in [0, 0.1) is 5.92 Å². The summed E-state index contributed by atoms with van der Waals surface area (Å²) in [4.78, 5) is 32.4. The number of hydrogen-bond donors (Lipinski definition) is 0. The Bertz CT molecular complexity index is 892. The molecule has 1 atom stereocenters. The normalized spacial score (nSPS) is 19.6. The largest absolute Gasteiger partial charge is 0.497 e. The number of benzene rings is 2. The van der Waals surface area contributed by atoms with Gasteiger partial charge in [-0.2, -0.15) is 0 Å². The molecule has 0 radical (unpaired) electrons. The molecule has 1 unspecified atom stereocenters. The lowest BCUT2D eigenvalue weighted by Gasteiger charge is -2.36. The lowest BCUT2D eigenvalue weighted by molar-refractivity contribution is -0.141. The molecule has 2 amide bonds. The zero-order valence-corrected chi connectivity index (χ0v) is 18.9. The molecule has 0 aromatic heterocycles. The van der Waals surface area contributed by atoms with Crippen LogP contribution in [-0.4, -0.2) is 61.4 Å². The van der Waals surface area contributed by atoms with E-state index in [2.05, 4.69) is 29.2 Å². The van der Waals surface area contributed by atoms with Gasteiger partial charge in [0, 0.05) is 57.3 Å². The van der Waals surface area contributed by atoms with Gasteiger partial charge in [-0.1, -0.05) is 36.8 Å². The summed E-state index contributed by atoms with van der Waals surface area (Å²) in [6.45, 7) is 4.40. The topological polar surface area (TPSA) is 53.1 Å². The summed E-state index contributed by atoms with van der Waals surface area (Å²) in [7, 11) is 1.67. The number of likely N-dealkylation sites (tertiary alicyclic amines) is 1. The second-order valence-corrected chi connectivity index (χ2v) is 8.71. The molecule has 0 N–H and O–H groups in total. The van der Waals surface area contributed by atoms with Crippen LogP contribution < -0.4 is 9.64 Å². The molecule has 170 valence electrons. The quantitative estimate of drug-likeness (QED) is 0.696. The van der Waals surface area contributed by atoms with Crippen LogP contribution >= 0.6 is 0 Å². The van der Waals surface area contributed by atoms with E-state index in [0.29, 0.717) is 26.1 Å². The highest BCUT2D eigenvalue weighted by molar-refractivity contribution is 5.86. The van der Waals surface area contributed by atoms with Gasteiger partial charge in [0.1, 0.15) is 5.75 Å². The van der Waals surface area contributed by atoms with Crippen molar-refractivity contribution < 1.29 is 14.3 Å². The molecule has 6 heteroatoms. The third-order valence-electron chi connectivity index (χ3n) is 6.60. The lowest BCUT2D eigenvalue weighted by Crippen LogP contribution is -2.49. The fraction of sp³-hybridized carbons (Fsp3) is 0.462. The highest BCUT2D eigenvalue weighted by Gasteiger charge is 2.31. The van der Waals surface area contributed by atoms with Crippen LogP contribution in [0.5, 0.6) is 5.75 Å². The lowest BCUT2D eigenvalue weighted by atomic mass is 9.97. The van der Waals surface area contributed by atoms with Gasteiger partial charge in [0.05, 0.1) is 7.11 Å². The van der Waals surface area contributed by atoms with E-state index >= 15 is 0 Å². The maximum atomic E-state index is 13.2. The van der Waals surface area contributed by atoms with Crippen LogP contribution in [0.25, 0.3) is 0 Å². The molecule has 6 nitrogen and oxygen atoms in total. The molecule has 0 aliphatic carbocycles. The molecule has 2 aromatic carbocycles. The van der Waals surface area contributed by atoms with Gasteiger partial charge in [0.25, 0.3) is 0 Å². The number of nitrogens with zero attached hydrogens (tertiary/aromatic N) is 3. The molecule has 0 saturated carbocycles. The summed E-state index contributed by atoms with van der Waals surface area (Å²) >= 11 is 0. The Balaban J connectivity index is 1.31. The fourth-order valence-corrected chi connectivity index (χ4v) is 4.68. The van der Waals surface area contributed by atoms with E-state index in [0.717, 1.165) is 55.9 Å². The number of ether oxygens (including phenoxy) is 1. The predicted molar refractivity (Wildman–Crippen MR) is 126 cm³/mol. The number of rotatable bonds is 6. The minimum absolute atomic E-state index is 0.110. The van der Waals surface area contributed by atoms with Crippen molar-refractivity contribution >= 4 is 17.5 Å². The zero-order chi connectivity index (χ0) is 22.3. The molecular formula is C26H33N3O3. The Labute approximate surface area is 190 Å². The van der Waals surface area contributed by atoms with E-state index in [4.69, 9.17) is 4.74 Å². The first-order chi connectivity index (χ1) is 15.6. The van der Waals surface area contributed by atoms with Gasteiger partial charge < -0.3 is 19.4 Å². The molecule has 2 heterocycles. The highest BCUT2D eigenvalue weighted by Crippen LogP contribution is 2.25. The second kappa shape index (κ2) is 10.5. The first-order valence-corrected chi connectivity index (χ1v) is 11.6. The number of methoxy groups -OCH3 is 1. The molecule has 2 aromatic rings. The average molecular weight is 436 g/mol. The summed E-state index contributed by atoms with van der Waals surface area (Å²) in [5.41, 5.74) is 2.29. The first-order valence-electron chi connectivity index (χ1n) is 11.6. The maximum Gasteiger partial charge on any atom is 0.226 e. The second-order valence-electron chi connectivity index (χ2n) is 8.71. The van der Waals surface area contributed by atoms with E-state index < -0.39 is 0 Å². The monoisotopic (exact) mass is 435 g/mol. The SMILES string of the molecule is COc1ccc(N2CCN(C(=O)CC3CCCCN(Cc4ccccc4)C3=O)CC2)cc1. The minimum atomic E-state index is -0.201. The van der Waals surface area contributed by atoms with E-state index in [1.807, 2.05) is 40.1 Å². The Hall–Kier alpha value is -3.02. The van der Waals surface area contributed by atoms with Gasteiger partial charge in [-0.15, -0.1) is 0 Å². The minimum Gasteiger partial charge on any atom is -0.497 e. The van der Waals surface area contributed by atoms with Crippen LogP contribution in [0.3, 0.4) is 0 Å². The Kier molecular flexibility index (Phi) is 7.30. The third-order valence-corrected chi connectivity index (χ3v) is 6.60. The standard InChI is InChI=1S/C26H33N3O3/c1-32-24-12-10-23(11-13-24)27-15-17-28(18-16-27)25(30)19-22-9-5-6-14-29(26(22)31)20-21-7-3-2-4-8-21/h2-4,7-8,10-13,22H,5-6,9,14-20H2,1H3. The van der Waals surface area contributed by atoms with Crippen molar-refractivity contribution in [3.05, 3.63) is 60.2 Å². The van der Waals surface area contributed by atoms with E-state index in [1.54, 1.807) is 7.11 Å². The molecule has 0 spiro atoms. The van der Waals surface area contributed by atoms with Crippen LogP contribution in [-0.2, 0) is 16.1 Å². The van der Waals surface area contributed by atoms with Crippen LogP contribution in [0.2, 0.25) is 0 Å². The van der Waals surface area contributed by atoms with Gasteiger partial charge in [-0.25, -0.2) is 0 Å². The number of amides is 2. The van der Waals surface area contributed by atoms with Crippen molar-refractivity contribution in [2.75, 3.05) is 44.7 Å². The molecule has 2 aliphatic heterocycles. The summed E-state index contributed by atoms with van der Waals surface area (Å²) < 4.78 is 5.23. The fourth-order valence-electron chi connectivity index (χ4n) is 4.68.